The number of likely N-dealkylation sites (tertiary alicyclic amines) is 1. The number of carbonyl (C=O) groups is 1. The highest BCUT2D eigenvalue weighted by Gasteiger charge is 2.42. The number of H-pyrrole nitrogens is 1. The second kappa shape index (κ2) is 6.27. The SMILES string of the molecule is Cc1[nH]nc2nc(-c3ccc(O)c(F)c3)cc(C(=O)N3CCC(N)C3(C)C)c12. The van der Waals surface area contributed by atoms with Crippen molar-refractivity contribution in [2.75, 3.05) is 6.54 Å². The second-order valence-electron chi connectivity index (χ2n) is 7.77. The van der Waals surface area contributed by atoms with Gasteiger partial charge in [-0.25, -0.2) is 9.37 Å². The molecule has 146 valence electrons. The smallest absolute Gasteiger partial charge is 0.255 e. The number of hydrogen-bond donors (Lipinski definition) is 3. The molecule has 0 bridgehead atoms. The van der Waals surface area contributed by atoms with E-state index in [0.29, 0.717) is 34.4 Å². The highest BCUT2D eigenvalue weighted by atomic mass is 19.1. The van der Waals surface area contributed by atoms with E-state index in [1.54, 1.807) is 17.0 Å². The van der Waals surface area contributed by atoms with Gasteiger partial charge in [-0.3, -0.25) is 9.89 Å². The maximum atomic E-state index is 13.8. The van der Waals surface area contributed by atoms with Gasteiger partial charge in [0.1, 0.15) is 0 Å². The maximum absolute atomic E-state index is 13.8. The minimum Gasteiger partial charge on any atom is -0.505 e. The van der Waals surface area contributed by atoms with Crippen LogP contribution in [0.4, 0.5) is 4.39 Å². The van der Waals surface area contributed by atoms with Crippen LogP contribution < -0.4 is 5.73 Å². The molecule has 2 aromatic heterocycles. The normalized spacial score (nSPS) is 18.8. The summed E-state index contributed by atoms with van der Waals surface area (Å²) in [6.45, 7) is 6.31. The zero-order valence-electron chi connectivity index (χ0n) is 16.0. The summed E-state index contributed by atoms with van der Waals surface area (Å²) in [6.07, 6.45) is 0.730. The van der Waals surface area contributed by atoms with Gasteiger partial charge in [0.25, 0.3) is 5.91 Å². The molecule has 1 amide bonds. The first-order chi connectivity index (χ1) is 13.2. The molecule has 4 rings (SSSR count). The number of aryl methyl sites for hydroxylation is 1. The molecule has 4 N–H and O–H groups in total. The molecule has 0 spiro atoms. The van der Waals surface area contributed by atoms with Gasteiger partial charge in [0.15, 0.2) is 17.2 Å². The molecule has 0 aliphatic carbocycles. The fourth-order valence-corrected chi connectivity index (χ4v) is 3.78. The molecule has 7 nitrogen and oxygen atoms in total. The van der Waals surface area contributed by atoms with E-state index in [9.17, 15) is 14.3 Å². The Morgan fingerprint density at radius 3 is 2.79 bits per heavy atom. The number of aromatic amines is 1. The number of hydrogen-bond acceptors (Lipinski definition) is 5. The second-order valence-corrected chi connectivity index (χ2v) is 7.77. The molecule has 1 atom stereocenters. The number of phenolic OH excluding ortho intramolecular Hbond substituents is 1. The molecule has 0 radical (unpaired) electrons. The first-order valence-electron chi connectivity index (χ1n) is 9.12. The van der Waals surface area contributed by atoms with Crippen LogP contribution in [0.5, 0.6) is 5.75 Å². The largest absolute Gasteiger partial charge is 0.505 e. The van der Waals surface area contributed by atoms with Crippen molar-refractivity contribution in [3.63, 3.8) is 0 Å². The first-order valence-corrected chi connectivity index (χ1v) is 9.12. The minimum atomic E-state index is -0.753. The van der Waals surface area contributed by atoms with Crippen molar-refractivity contribution >= 4 is 16.9 Å². The van der Waals surface area contributed by atoms with Crippen LogP contribution in [-0.2, 0) is 0 Å². The Labute approximate surface area is 161 Å². The Morgan fingerprint density at radius 2 is 2.14 bits per heavy atom. The van der Waals surface area contributed by atoms with Crippen LogP contribution in [0.25, 0.3) is 22.3 Å². The van der Waals surface area contributed by atoms with Crippen molar-refractivity contribution < 1.29 is 14.3 Å². The summed E-state index contributed by atoms with van der Waals surface area (Å²) in [7, 11) is 0. The zero-order chi connectivity index (χ0) is 20.2. The molecule has 8 heteroatoms. The molecule has 28 heavy (non-hydrogen) atoms. The van der Waals surface area contributed by atoms with Crippen LogP contribution in [0.15, 0.2) is 24.3 Å². The third-order valence-corrected chi connectivity index (χ3v) is 5.69. The van der Waals surface area contributed by atoms with Gasteiger partial charge in [0.05, 0.1) is 22.2 Å². The van der Waals surface area contributed by atoms with E-state index in [1.807, 2.05) is 20.8 Å². The Balaban J connectivity index is 1.88. The summed E-state index contributed by atoms with van der Waals surface area (Å²) in [5, 5.41) is 17.2. The number of rotatable bonds is 2. The molecule has 3 aromatic rings. The van der Waals surface area contributed by atoms with Gasteiger partial charge in [-0.1, -0.05) is 0 Å². The zero-order valence-corrected chi connectivity index (χ0v) is 16.0. The monoisotopic (exact) mass is 383 g/mol. The molecule has 1 aromatic carbocycles. The van der Waals surface area contributed by atoms with E-state index in [-0.39, 0.29) is 11.9 Å². The van der Waals surface area contributed by atoms with Crippen LogP contribution >= 0.6 is 0 Å². The Kier molecular flexibility index (Phi) is 4.11. The lowest BCUT2D eigenvalue weighted by atomic mass is 9.95. The van der Waals surface area contributed by atoms with Crippen LogP contribution in [-0.4, -0.2) is 49.2 Å². The summed E-state index contributed by atoms with van der Waals surface area (Å²) in [4.78, 5) is 19.7. The number of fused-ring (bicyclic) bond motifs is 1. The molecular weight excluding hydrogens is 361 g/mol. The summed E-state index contributed by atoms with van der Waals surface area (Å²) in [5.74, 6) is -1.35. The third-order valence-electron chi connectivity index (χ3n) is 5.69. The van der Waals surface area contributed by atoms with Gasteiger partial charge in [-0.05, 0) is 51.5 Å². The number of aromatic nitrogens is 3. The number of phenols is 1. The molecule has 0 saturated carbocycles. The quantitative estimate of drug-likeness (QED) is 0.631. The van der Waals surface area contributed by atoms with E-state index >= 15 is 0 Å². The van der Waals surface area contributed by atoms with Crippen LogP contribution in [0, 0.1) is 12.7 Å². The summed E-state index contributed by atoms with van der Waals surface area (Å²) >= 11 is 0. The lowest BCUT2D eigenvalue weighted by Crippen LogP contribution is -2.51. The third kappa shape index (κ3) is 2.72. The van der Waals surface area contributed by atoms with Crippen molar-refractivity contribution in [3.05, 3.63) is 41.3 Å². The van der Waals surface area contributed by atoms with E-state index in [2.05, 4.69) is 15.2 Å². The van der Waals surface area contributed by atoms with Gasteiger partial charge in [-0.2, -0.15) is 5.10 Å². The average Bonchev–Trinajstić information content (AvgIpc) is 3.16. The molecule has 1 fully saturated rings. The van der Waals surface area contributed by atoms with Crippen molar-refractivity contribution in [2.45, 2.75) is 38.8 Å². The van der Waals surface area contributed by atoms with Crippen molar-refractivity contribution in [1.29, 1.82) is 0 Å². The number of pyridine rings is 1. The highest BCUT2D eigenvalue weighted by molar-refractivity contribution is 6.07. The summed E-state index contributed by atoms with van der Waals surface area (Å²) < 4.78 is 13.8. The van der Waals surface area contributed by atoms with Crippen LogP contribution in [0.3, 0.4) is 0 Å². The summed E-state index contributed by atoms with van der Waals surface area (Å²) in [6, 6.07) is 5.54. The van der Waals surface area contributed by atoms with Gasteiger partial charge in [0.2, 0.25) is 0 Å². The Hall–Kier alpha value is -3.00. The lowest BCUT2D eigenvalue weighted by Gasteiger charge is -2.34. The maximum Gasteiger partial charge on any atom is 0.255 e. The summed E-state index contributed by atoms with van der Waals surface area (Å²) in [5.41, 5.74) is 8.14. The fraction of sp³-hybridized carbons (Fsp3) is 0.350. The highest BCUT2D eigenvalue weighted by Crippen LogP contribution is 2.33. The van der Waals surface area contributed by atoms with E-state index < -0.39 is 17.1 Å². The van der Waals surface area contributed by atoms with Crippen molar-refractivity contribution in [1.82, 2.24) is 20.1 Å². The molecule has 3 heterocycles. The van der Waals surface area contributed by atoms with Gasteiger partial charge in [-0.15, -0.1) is 0 Å². The number of carbonyl (C=O) groups excluding carboxylic acids is 1. The predicted molar refractivity (Wildman–Crippen MR) is 103 cm³/mol. The number of nitrogens with zero attached hydrogens (tertiary/aromatic N) is 3. The molecule has 1 unspecified atom stereocenters. The molecule has 1 saturated heterocycles. The first kappa shape index (κ1) is 18.4. The lowest BCUT2D eigenvalue weighted by molar-refractivity contribution is 0.0639. The Bertz CT molecular complexity index is 1090. The van der Waals surface area contributed by atoms with E-state index in [0.717, 1.165) is 12.1 Å². The number of amides is 1. The van der Waals surface area contributed by atoms with Gasteiger partial charge < -0.3 is 15.7 Å². The van der Waals surface area contributed by atoms with Crippen molar-refractivity contribution in [2.24, 2.45) is 5.73 Å². The minimum absolute atomic E-state index is 0.107. The van der Waals surface area contributed by atoms with Crippen molar-refractivity contribution in [3.8, 4) is 17.0 Å². The molecule has 1 aliphatic heterocycles. The Morgan fingerprint density at radius 1 is 1.39 bits per heavy atom. The number of aromatic hydroxyl groups is 1. The molecule has 1 aliphatic rings. The number of nitrogens with one attached hydrogen (secondary N) is 1. The predicted octanol–water partition coefficient (Wildman–Crippen LogP) is 2.73. The topological polar surface area (TPSA) is 108 Å². The number of nitrogens with two attached hydrogens (primary N) is 1. The van der Waals surface area contributed by atoms with Gasteiger partial charge >= 0.3 is 0 Å². The number of halogens is 1. The standard InChI is InChI=1S/C20H22FN5O2/c1-10-17-12(19(28)26-7-6-16(22)20(26,2)3)9-14(23-18(17)25-24-10)11-4-5-15(27)13(21)8-11/h4-5,8-9,16,27H,6-7,22H2,1-3H3,(H,23,24,25). The van der Waals surface area contributed by atoms with Crippen LogP contribution in [0.2, 0.25) is 0 Å². The fourth-order valence-electron chi connectivity index (χ4n) is 3.78. The molecular formula is C20H22FN5O2. The average molecular weight is 383 g/mol. The van der Waals surface area contributed by atoms with Gasteiger partial charge in [0, 0.05) is 23.8 Å². The van der Waals surface area contributed by atoms with E-state index in [4.69, 9.17) is 5.73 Å². The van der Waals surface area contributed by atoms with Crippen LogP contribution in [0.1, 0.15) is 36.3 Å². The van der Waals surface area contributed by atoms with E-state index in [1.165, 1.54) is 12.1 Å². The number of benzene rings is 1.